The van der Waals surface area contributed by atoms with E-state index in [1.54, 1.807) is 57.2 Å². The van der Waals surface area contributed by atoms with Gasteiger partial charge in [0.15, 0.2) is 11.3 Å². The van der Waals surface area contributed by atoms with Gasteiger partial charge < -0.3 is 9.29 Å². The number of ether oxygens (including phenoxy) is 1. The number of rotatable bonds is 4. The zero-order chi connectivity index (χ0) is 24.9. The molecule has 0 atom stereocenters. The number of amides is 1. The van der Waals surface area contributed by atoms with Crippen molar-refractivity contribution in [1.29, 1.82) is 0 Å². The Bertz CT molecular complexity index is 1250. The number of nitrogens with zero attached hydrogens (tertiary/aromatic N) is 1. The Labute approximate surface area is 193 Å². The van der Waals surface area contributed by atoms with E-state index in [2.05, 4.69) is 5.32 Å². The number of nitrogens with one attached hydrogen (secondary N) is 1. The molecule has 0 spiro atoms. The monoisotopic (exact) mass is 473 g/mol. The molecule has 3 N–H and O–H groups in total. The normalized spacial score (nSPS) is 10.8. The molecule has 0 unspecified atom stereocenters. The topological polar surface area (TPSA) is 142 Å². The molecule has 1 amide bonds. The summed E-state index contributed by atoms with van der Waals surface area (Å²) in [4.78, 5) is 23.4. The van der Waals surface area contributed by atoms with E-state index in [4.69, 9.17) is 10.6 Å². The third kappa shape index (κ3) is 6.05. The lowest BCUT2D eigenvalue weighted by atomic mass is 10.1. The quantitative estimate of drug-likeness (QED) is 0.256. The largest absolute Gasteiger partial charge is 0.744 e. The summed E-state index contributed by atoms with van der Waals surface area (Å²) < 4.78 is 38.8. The molecule has 0 aromatic heterocycles. The molecule has 0 saturated carbocycles. The van der Waals surface area contributed by atoms with Gasteiger partial charge in [0.1, 0.15) is 10.1 Å². The lowest BCUT2D eigenvalue weighted by Crippen LogP contribution is -2.47. The van der Waals surface area contributed by atoms with E-state index in [9.17, 15) is 22.6 Å². The van der Waals surface area contributed by atoms with Gasteiger partial charge in [-0.2, -0.15) is 0 Å². The summed E-state index contributed by atoms with van der Waals surface area (Å²) in [5, 5.41) is 2.58. The smallest absolute Gasteiger partial charge is 0.347 e. The van der Waals surface area contributed by atoms with Gasteiger partial charge >= 0.3 is 17.7 Å². The number of nitrogens with two attached hydrogens (primary N) is 1. The van der Waals surface area contributed by atoms with Crippen LogP contribution in [-0.2, 0) is 19.6 Å². The highest BCUT2D eigenvalue weighted by molar-refractivity contribution is 7.85. The SMILES string of the molecule is CCOC(=O)c1c2cccccc-2[n+](N)c1NC(C)=O.Cc1cc(C)c(S(=O)(=O)[O-])c(C)c1. The second-order valence-electron chi connectivity index (χ2n) is 7.39. The molecule has 33 heavy (non-hydrogen) atoms. The Morgan fingerprint density at radius 3 is 2.18 bits per heavy atom. The number of esters is 1. The van der Waals surface area contributed by atoms with E-state index >= 15 is 0 Å². The first-order chi connectivity index (χ1) is 15.4. The minimum absolute atomic E-state index is 0.0851. The first-order valence-corrected chi connectivity index (χ1v) is 11.5. The number of aromatic nitrogens is 1. The van der Waals surface area contributed by atoms with Gasteiger partial charge in [0.25, 0.3) is 0 Å². The van der Waals surface area contributed by atoms with Crippen LogP contribution >= 0.6 is 0 Å². The molecule has 1 aromatic rings. The summed E-state index contributed by atoms with van der Waals surface area (Å²) in [6.45, 7) is 8.44. The summed E-state index contributed by atoms with van der Waals surface area (Å²) in [5.41, 5.74) is 3.51. The average molecular weight is 474 g/mol. The minimum Gasteiger partial charge on any atom is -0.744 e. The zero-order valence-corrected chi connectivity index (χ0v) is 19.9. The minimum atomic E-state index is -4.33. The first-order valence-electron chi connectivity index (χ1n) is 10.1. The highest BCUT2D eigenvalue weighted by atomic mass is 32.2. The maximum Gasteiger partial charge on any atom is 0.347 e. The van der Waals surface area contributed by atoms with E-state index in [1.165, 1.54) is 11.6 Å². The standard InChI is InChI=1S/C14H15N3O3.C9H12O3S/c1-3-20-14(19)12-10-7-5-4-6-8-11(10)17(15)13(12)16-9(2)18;1-6-4-7(2)9(8(3)5-6)13(10,11)12/h4-8H,3,15H2,1-2H3;4-5H,1-3H3,(H,10,11,12). The number of aryl methyl sites for hydroxylation is 3. The van der Waals surface area contributed by atoms with Crippen molar-refractivity contribution in [3.8, 4) is 11.3 Å². The molecule has 1 aliphatic carbocycles. The van der Waals surface area contributed by atoms with Gasteiger partial charge in [0.2, 0.25) is 0 Å². The van der Waals surface area contributed by atoms with Gasteiger partial charge in [0, 0.05) is 12.5 Å². The van der Waals surface area contributed by atoms with Gasteiger partial charge in [-0.15, -0.1) is 4.68 Å². The van der Waals surface area contributed by atoms with Crippen molar-refractivity contribution in [2.45, 2.75) is 39.5 Å². The maximum atomic E-state index is 12.1. The molecule has 1 aromatic carbocycles. The third-order valence-corrected chi connectivity index (χ3v) is 5.79. The van der Waals surface area contributed by atoms with Crippen molar-refractivity contribution in [2.75, 3.05) is 17.8 Å². The van der Waals surface area contributed by atoms with E-state index in [0.717, 1.165) is 5.56 Å². The van der Waals surface area contributed by atoms with E-state index in [1.807, 2.05) is 13.0 Å². The summed E-state index contributed by atoms with van der Waals surface area (Å²) >= 11 is 0. The van der Waals surface area contributed by atoms with Gasteiger partial charge in [-0.3, -0.25) is 5.84 Å². The average Bonchev–Trinajstić information content (AvgIpc) is 2.82. The van der Waals surface area contributed by atoms with Crippen molar-refractivity contribution >= 4 is 27.8 Å². The Balaban J connectivity index is 0.000000257. The first kappa shape index (κ1) is 25.8. The number of hydrogen-bond acceptors (Lipinski definition) is 7. The zero-order valence-electron chi connectivity index (χ0n) is 19.1. The number of fused-ring (bicyclic) bond motifs is 1. The molecule has 2 aliphatic rings. The molecule has 176 valence electrons. The van der Waals surface area contributed by atoms with Crippen molar-refractivity contribution in [3.05, 3.63) is 64.7 Å². The predicted molar refractivity (Wildman–Crippen MR) is 122 cm³/mol. The molecular formula is C23H27N3O6S. The molecule has 10 heteroatoms. The molecular weight excluding hydrogens is 446 g/mol. The Hall–Kier alpha value is -3.50. The van der Waals surface area contributed by atoms with Crippen LogP contribution in [0.2, 0.25) is 0 Å². The molecule has 0 bridgehead atoms. The molecule has 3 rings (SSSR count). The van der Waals surface area contributed by atoms with Crippen LogP contribution < -0.4 is 15.8 Å². The van der Waals surface area contributed by atoms with Crippen LogP contribution in [0.4, 0.5) is 5.82 Å². The fraction of sp³-hybridized carbons (Fsp3) is 0.261. The van der Waals surface area contributed by atoms with Gasteiger partial charge in [-0.05, 0) is 51.0 Å². The lowest BCUT2D eigenvalue weighted by Gasteiger charge is -2.14. The molecule has 9 nitrogen and oxygen atoms in total. The van der Waals surface area contributed by atoms with Crippen molar-refractivity contribution in [1.82, 2.24) is 0 Å². The van der Waals surface area contributed by atoms with E-state index in [-0.39, 0.29) is 28.8 Å². The van der Waals surface area contributed by atoms with Crippen LogP contribution in [0.5, 0.6) is 0 Å². The Morgan fingerprint density at radius 1 is 1.09 bits per heavy atom. The van der Waals surface area contributed by atoms with E-state index in [0.29, 0.717) is 22.4 Å². The van der Waals surface area contributed by atoms with Crippen LogP contribution in [0.15, 0.2) is 47.4 Å². The number of carbonyl (C=O) groups excluding carboxylic acids is 2. The Morgan fingerprint density at radius 2 is 1.67 bits per heavy atom. The fourth-order valence-electron chi connectivity index (χ4n) is 3.59. The molecule has 1 heterocycles. The number of benzene rings is 1. The van der Waals surface area contributed by atoms with Gasteiger partial charge in [-0.25, -0.2) is 23.3 Å². The van der Waals surface area contributed by atoms with Gasteiger partial charge in [0.05, 0.1) is 11.5 Å². The van der Waals surface area contributed by atoms with Gasteiger partial charge in [-0.1, -0.05) is 35.9 Å². The van der Waals surface area contributed by atoms with Crippen LogP contribution in [0.3, 0.4) is 0 Å². The van der Waals surface area contributed by atoms with Crippen LogP contribution in [0, 0.1) is 20.8 Å². The van der Waals surface area contributed by atoms with Crippen molar-refractivity contribution in [2.24, 2.45) is 0 Å². The molecule has 0 saturated heterocycles. The highest BCUT2D eigenvalue weighted by Gasteiger charge is 2.33. The number of anilines is 1. The highest BCUT2D eigenvalue weighted by Crippen LogP contribution is 2.29. The second kappa shape index (κ2) is 10.4. The number of carbonyl (C=O) groups is 2. The van der Waals surface area contributed by atoms with Crippen molar-refractivity contribution in [3.63, 3.8) is 0 Å². The fourth-order valence-corrected chi connectivity index (χ4v) is 4.49. The molecule has 1 aliphatic heterocycles. The number of hydrogen-bond donors (Lipinski definition) is 2. The van der Waals surface area contributed by atoms with Crippen LogP contribution in [-0.4, -0.2) is 31.5 Å². The molecule has 0 fully saturated rings. The summed E-state index contributed by atoms with van der Waals surface area (Å²) in [5.74, 6) is 5.38. The summed E-state index contributed by atoms with van der Waals surface area (Å²) in [6, 6.07) is 12.3. The summed E-state index contributed by atoms with van der Waals surface area (Å²) in [7, 11) is -4.33. The maximum absolute atomic E-state index is 12.1. The number of nitrogen functional groups attached to an aromatic ring is 1. The molecule has 0 radical (unpaired) electrons. The third-order valence-electron chi connectivity index (χ3n) is 4.65. The Kier molecular flexibility index (Phi) is 8.13. The van der Waals surface area contributed by atoms with Crippen molar-refractivity contribution < 1.29 is 32.0 Å². The lowest BCUT2D eigenvalue weighted by molar-refractivity contribution is -0.609. The van der Waals surface area contributed by atoms with E-state index < -0.39 is 16.1 Å². The predicted octanol–water partition coefficient (Wildman–Crippen LogP) is 2.44. The van der Waals surface area contributed by atoms with Crippen LogP contribution in [0.1, 0.15) is 40.9 Å². The summed E-state index contributed by atoms with van der Waals surface area (Å²) in [6.07, 6.45) is 0. The van der Waals surface area contributed by atoms with Crippen LogP contribution in [0.25, 0.3) is 11.3 Å². The second-order valence-corrected chi connectivity index (χ2v) is 8.70.